The Balaban J connectivity index is 1.41. The second kappa shape index (κ2) is 8.41. The fraction of sp³-hybridized carbons (Fsp3) is 0.375. The Bertz CT molecular complexity index is 1080. The lowest BCUT2D eigenvalue weighted by Gasteiger charge is -2.33. The number of carbonyl (C=O) groups excluding carboxylic acids is 2. The lowest BCUT2D eigenvalue weighted by molar-refractivity contribution is 0.0199. The number of rotatable bonds is 3. The quantitative estimate of drug-likeness (QED) is 0.690. The predicted octanol–water partition coefficient (Wildman–Crippen LogP) is 4.15. The van der Waals surface area contributed by atoms with Crippen LogP contribution in [-0.2, 0) is 4.74 Å². The third kappa shape index (κ3) is 4.87. The summed E-state index contributed by atoms with van der Waals surface area (Å²) in [6.07, 6.45) is 2.91. The molecule has 0 bridgehead atoms. The molecule has 1 fully saturated rings. The zero-order chi connectivity index (χ0) is 22.0. The number of piperidine rings is 1. The fourth-order valence-corrected chi connectivity index (χ4v) is 3.74. The molecule has 3 aromatic rings. The lowest BCUT2D eigenvalue weighted by atomic mass is 10.0. The number of nitrogens with one attached hydrogen (secondary N) is 1. The predicted molar refractivity (Wildman–Crippen MR) is 119 cm³/mol. The van der Waals surface area contributed by atoms with Crippen molar-refractivity contribution in [1.82, 2.24) is 20.0 Å². The maximum absolute atomic E-state index is 12.9. The number of aromatic nitrogens is 2. The molecule has 7 nitrogen and oxygen atoms in total. The van der Waals surface area contributed by atoms with Gasteiger partial charge in [-0.15, -0.1) is 0 Å². The number of hydrogen-bond donors (Lipinski definition) is 1. The van der Waals surface area contributed by atoms with Crippen molar-refractivity contribution in [3.8, 4) is 5.69 Å². The number of hydrogen-bond acceptors (Lipinski definition) is 4. The molecule has 1 aliphatic rings. The highest BCUT2D eigenvalue weighted by Crippen LogP contribution is 2.21. The van der Waals surface area contributed by atoms with Crippen molar-refractivity contribution in [2.75, 3.05) is 13.1 Å². The second-order valence-electron chi connectivity index (χ2n) is 8.88. The molecule has 0 spiro atoms. The summed E-state index contributed by atoms with van der Waals surface area (Å²) in [6, 6.07) is 15.5. The smallest absolute Gasteiger partial charge is 0.410 e. The number of benzene rings is 2. The first-order valence-corrected chi connectivity index (χ1v) is 10.6. The number of para-hydroxylation sites is 1. The Hall–Kier alpha value is -3.35. The minimum Gasteiger partial charge on any atom is -0.444 e. The molecule has 7 heteroatoms. The summed E-state index contributed by atoms with van der Waals surface area (Å²) in [5.41, 5.74) is 1.93. The van der Waals surface area contributed by atoms with Crippen molar-refractivity contribution in [2.24, 2.45) is 0 Å². The molecule has 0 aliphatic carbocycles. The Morgan fingerprint density at radius 2 is 1.77 bits per heavy atom. The van der Waals surface area contributed by atoms with Gasteiger partial charge in [0.05, 0.1) is 17.4 Å². The van der Waals surface area contributed by atoms with Crippen LogP contribution >= 0.6 is 0 Å². The highest BCUT2D eigenvalue weighted by Gasteiger charge is 2.27. The van der Waals surface area contributed by atoms with Gasteiger partial charge in [-0.25, -0.2) is 9.48 Å². The molecule has 162 valence electrons. The Labute approximate surface area is 182 Å². The van der Waals surface area contributed by atoms with Gasteiger partial charge in [0.25, 0.3) is 5.91 Å². The highest BCUT2D eigenvalue weighted by molar-refractivity contribution is 5.98. The lowest BCUT2D eigenvalue weighted by Crippen LogP contribution is -2.47. The molecule has 0 radical (unpaired) electrons. The molecule has 1 saturated heterocycles. The van der Waals surface area contributed by atoms with E-state index < -0.39 is 5.60 Å². The summed E-state index contributed by atoms with van der Waals surface area (Å²) >= 11 is 0. The zero-order valence-electron chi connectivity index (χ0n) is 18.2. The van der Waals surface area contributed by atoms with Gasteiger partial charge in [-0.3, -0.25) is 4.79 Å². The molecule has 2 aromatic carbocycles. The molecule has 0 saturated carbocycles. The summed E-state index contributed by atoms with van der Waals surface area (Å²) in [5.74, 6) is -0.113. The van der Waals surface area contributed by atoms with E-state index in [0.717, 1.165) is 16.6 Å². The van der Waals surface area contributed by atoms with E-state index in [4.69, 9.17) is 4.74 Å². The van der Waals surface area contributed by atoms with Crippen LogP contribution in [0.15, 0.2) is 54.7 Å². The number of carbonyl (C=O) groups is 2. The molecule has 2 amide bonds. The van der Waals surface area contributed by atoms with Crippen molar-refractivity contribution < 1.29 is 14.3 Å². The minimum atomic E-state index is -0.507. The van der Waals surface area contributed by atoms with Gasteiger partial charge in [-0.05, 0) is 57.9 Å². The van der Waals surface area contributed by atoms with Crippen LogP contribution < -0.4 is 5.32 Å². The van der Waals surface area contributed by atoms with Gasteiger partial charge in [0, 0.05) is 30.1 Å². The average Bonchev–Trinajstić information content (AvgIpc) is 3.17. The minimum absolute atomic E-state index is 0.0286. The van der Waals surface area contributed by atoms with E-state index in [1.807, 2.05) is 74.0 Å². The number of amides is 2. The molecular formula is C24H28N4O3. The van der Waals surface area contributed by atoms with Gasteiger partial charge >= 0.3 is 6.09 Å². The average molecular weight is 421 g/mol. The monoisotopic (exact) mass is 420 g/mol. The second-order valence-corrected chi connectivity index (χ2v) is 8.88. The van der Waals surface area contributed by atoms with Gasteiger partial charge in [-0.2, -0.15) is 5.10 Å². The molecule has 2 heterocycles. The third-order valence-corrected chi connectivity index (χ3v) is 5.32. The number of fused-ring (bicyclic) bond motifs is 1. The normalized spacial score (nSPS) is 15.1. The van der Waals surface area contributed by atoms with Crippen LogP contribution in [0.1, 0.15) is 44.0 Å². The Morgan fingerprint density at radius 3 is 2.45 bits per heavy atom. The number of nitrogens with zero attached hydrogens (tertiary/aromatic N) is 3. The van der Waals surface area contributed by atoms with E-state index in [9.17, 15) is 9.59 Å². The molecule has 31 heavy (non-hydrogen) atoms. The van der Waals surface area contributed by atoms with Crippen LogP contribution in [0.4, 0.5) is 4.79 Å². The Morgan fingerprint density at radius 1 is 1.06 bits per heavy atom. The van der Waals surface area contributed by atoms with Gasteiger partial charge in [0.2, 0.25) is 0 Å². The van der Waals surface area contributed by atoms with Crippen molar-refractivity contribution in [3.05, 3.63) is 60.3 Å². The number of likely N-dealkylation sites (tertiary alicyclic amines) is 1. The first-order valence-electron chi connectivity index (χ1n) is 10.6. The first kappa shape index (κ1) is 20.9. The molecular weight excluding hydrogens is 392 g/mol. The maximum Gasteiger partial charge on any atom is 0.410 e. The summed E-state index contributed by atoms with van der Waals surface area (Å²) in [5, 5.41) is 8.56. The van der Waals surface area contributed by atoms with Crippen LogP contribution in [0.3, 0.4) is 0 Å². The van der Waals surface area contributed by atoms with Gasteiger partial charge in [-0.1, -0.05) is 24.3 Å². The fourth-order valence-electron chi connectivity index (χ4n) is 3.74. The number of ether oxygens (including phenoxy) is 1. The van der Waals surface area contributed by atoms with E-state index in [-0.39, 0.29) is 18.0 Å². The largest absolute Gasteiger partial charge is 0.444 e. The van der Waals surface area contributed by atoms with Crippen LogP contribution in [0.2, 0.25) is 0 Å². The van der Waals surface area contributed by atoms with Crippen LogP contribution in [0.25, 0.3) is 16.6 Å². The zero-order valence-corrected chi connectivity index (χ0v) is 18.2. The van der Waals surface area contributed by atoms with E-state index in [1.54, 1.807) is 11.1 Å². The van der Waals surface area contributed by atoms with E-state index >= 15 is 0 Å². The summed E-state index contributed by atoms with van der Waals surface area (Å²) in [6.45, 7) is 6.72. The van der Waals surface area contributed by atoms with E-state index in [1.165, 1.54) is 0 Å². The molecule has 1 N–H and O–H groups in total. The van der Waals surface area contributed by atoms with Crippen LogP contribution in [0, 0.1) is 0 Å². The third-order valence-electron chi connectivity index (χ3n) is 5.32. The van der Waals surface area contributed by atoms with Crippen molar-refractivity contribution in [1.29, 1.82) is 0 Å². The van der Waals surface area contributed by atoms with Gasteiger partial charge in [0.1, 0.15) is 5.60 Å². The topological polar surface area (TPSA) is 76.5 Å². The molecule has 0 unspecified atom stereocenters. The van der Waals surface area contributed by atoms with Gasteiger partial charge in [0.15, 0.2) is 0 Å². The first-order chi connectivity index (χ1) is 14.8. The molecule has 4 rings (SSSR count). The van der Waals surface area contributed by atoms with E-state index in [0.29, 0.717) is 31.5 Å². The molecule has 1 aromatic heterocycles. The SMILES string of the molecule is CC(C)(C)OC(=O)N1CCC(NC(=O)c2ccc3cnn(-c4ccccc4)c3c2)CC1. The molecule has 0 atom stereocenters. The van der Waals surface area contributed by atoms with Crippen LogP contribution in [0.5, 0.6) is 0 Å². The van der Waals surface area contributed by atoms with Crippen molar-refractivity contribution in [2.45, 2.75) is 45.3 Å². The van der Waals surface area contributed by atoms with Crippen molar-refractivity contribution in [3.63, 3.8) is 0 Å². The standard InChI is InChI=1S/C24H28N4O3/c1-24(2,3)31-23(30)27-13-11-19(12-14-27)26-22(29)17-9-10-18-16-25-28(21(18)15-17)20-7-5-4-6-8-20/h4-10,15-16,19H,11-14H2,1-3H3,(H,26,29). The highest BCUT2D eigenvalue weighted by atomic mass is 16.6. The Kier molecular flexibility index (Phi) is 5.67. The molecule has 1 aliphatic heterocycles. The van der Waals surface area contributed by atoms with E-state index in [2.05, 4.69) is 10.4 Å². The van der Waals surface area contributed by atoms with Crippen LogP contribution in [-0.4, -0.2) is 51.4 Å². The summed E-state index contributed by atoms with van der Waals surface area (Å²) < 4.78 is 7.27. The summed E-state index contributed by atoms with van der Waals surface area (Å²) in [7, 11) is 0. The van der Waals surface area contributed by atoms with Crippen molar-refractivity contribution >= 4 is 22.9 Å². The maximum atomic E-state index is 12.9. The summed E-state index contributed by atoms with van der Waals surface area (Å²) in [4.78, 5) is 26.8. The van der Waals surface area contributed by atoms with Gasteiger partial charge < -0.3 is 15.0 Å².